The molecule has 0 fully saturated rings. The molecule has 2 aromatic heterocycles. The first-order valence-electron chi connectivity index (χ1n) is 6.63. The fraction of sp³-hybridized carbons (Fsp3) is 0.188. The molecule has 0 aliphatic carbocycles. The third-order valence-electron chi connectivity index (χ3n) is 3.41. The van der Waals surface area contributed by atoms with Crippen LogP contribution in [0.5, 0.6) is 0 Å². The Morgan fingerprint density at radius 3 is 2.60 bits per heavy atom. The quantitative estimate of drug-likeness (QED) is 0.794. The molecule has 0 atom stereocenters. The second-order valence-electron chi connectivity index (χ2n) is 4.81. The van der Waals surface area contributed by atoms with Crippen molar-refractivity contribution in [3.05, 3.63) is 59.7 Å². The van der Waals surface area contributed by atoms with Crippen molar-refractivity contribution < 1.29 is 4.39 Å². The van der Waals surface area contributed by atoms with Crippen molar-refractivity contribution in [2.75, 3.05) is 6.54 Å². The van der Waals surface area contributed by atoms with E-state index in [2.05, 4.69) is 9.38 Å². The van der Waals surface area contributed by atoms with E-state index in [9.17, 15) is 4.39 Å². The van der Waals surface area contributed by atoms with Gasteiger partial charge < -0.3 is 5.73 Å². The lowest BCUT2D eigenvalue weighted by Gasteiger charge is -2.07. The van der Waals surface area contributed by atoms with Gasteiger partial charge >= 0.3 is 0 Å². The maximum Gasteiger partial charge on any atom is 0.137 e. The van der Waals surface area contributed by atoms with E-state index in [0.717, 1.165) is 28.3 Å². The lowest BCUT2D eigenvalue weighted by molar-refractivity contribution is 0.628. The molecular weight excluding hydrogens is 253 g/mol. The molecule has 0 amide bonds. The highest BCUT2D eigenvalue weighted by Crippen LogP contribution is 2.27. The standard InChI is InChI=1S/C16H16FN3/c1-11-3-2-4-15-19-14(9-10-18)16(20(11)15)12-5-7-13(17)8-6-12/h2-8H,9-10,18H2,1H3. The van der Waals surface area contributed by atoms with Crippen molar-refractivity contribution in [2.24, 2.45) is 5.73 Å². The number of halogens is 1. The van der Waals surface area contributed by atoms with Gasteiger partial charge in [0.1, 0.15) is 11.5 Å². The summed E-state index contributed by atoms with van der Waals surface area (Å²) in [5.74, 6) is -0.236. The number of hydrogen-bond donors (Lipinski definition) is 1. The summed E-state index contributed by atoms with van der Waals surface area (Å²) in [7, 11) is 0. The summed E-state index contributed by atoms with van der Waals surface area (Å²) in [5.41, 5.74) is 10.6. The minimum Gasteiger partial charge on any atom is -0.330 e. The average Bonchev–Trinajstić information content (AvgIpc) is 2.80. The Hall–Kier alpha value is -2.20. The molecule has 0 saturated carbocycles. The van der Waals surface area contributed by atoms with Gasteiger partial charge in [-0.05, 0) is 49.9 Å². The third-order valence-corrected chi connectivity index (χ3v) is 3.41. The number of fused-ring (bicyclic) bond motifs is 1. The van der Waals surface area contributed by atoms with Crippen molar-refractivity contribution in [1.29, 1.82) is 0 Å². The Labute approximate surface area is 116 Å². The fourth-order valence-electron chi connectivity index (χ4n) is 2.52. The van der Waals surface area contributed by atoms with E-state index in [1.807, 2.05) is 25.1 Å². The minimum absolute atomic E-state index is 0.236. The Bertz CT molecular complexity index is 744. The van der Waals surface area contributed by atoms with Gasteiger partial charge in [-0.2, -0.15) is 0 Å². The second-order valence-corrected chi connectivity index (χ2v) is 4.81. The molecule has 1 aromatic carbocycles. The first kappa shape index (κ1) is 12.8. The molecule has 2 N–H and O–H groups in total. The molecule has 2 heterocycles. The van der Waals surface area contributed by atoms with Crippen molar-refractivity contribution in [3.63, 3.8) is 0 Å². The highest BCUT2D eigenvalue weighted by molar-refractivity contribution is 5.68. The lowest BCUT2D eigenvalue weighted by Crippen LogP contribution is -2.04. The number of nitrogens with zero attached hydrogens (tertiary/aromatic N) is 2. The maximum absolute atomic E-state index is 13.1. The smallest absolute Gasteiger partial charge is 0.137 e. The first-order valence-corrected chi connectivity index (χ1v) is 6.63. The zero-order chi connectivity index (χ0) is 14.1. The minimum atomic E-state index is -0.236. The molecule has 3 rings (SSSR count). The van der Waals surface area contributed by atoms with E-state index in [-0.39, 0.29) is 5.82 Å². The topological polar surface area (TPSA) is 43.3 Å². The SMILES string of the molecule is Cc1cccc2nc(CCN)c(-c3ccc(F)cc3)n12. The summed E-state index contributed by atoms with van der Waals surface area (Å²) < 4.78 is 15.2. The predicted molar refractivity (Wildman–Crippen MR) is 78.1 cm³/mol. The molecular formula is C16H16FN3. The normalized spacial score (nSPS) is 11.2. The Morgan fingerprint density at radius 1 is 1.15 bits per heavy atom. The fourth-order valence-corrected chi connectivity index (χ4v) is 2.52. The molecule has 3 aromatic rings. The van der Waals surface area contributed by atoms with Gasteiger partial charge in [0.2, 0.25) is 0 Å². The summed E-state index contributed by atoms with van der Waals surface area (Å²) in [5, 5.41) is 0. The summed E-state index contributed by atoms with van der Waals surface area (Å²) in [6, 6.07) is 12.5. The zero-order valence-electron chi connectivity index (χ0n) is 11.3. The summed E-state index contributed by atoms with van der Waals surface area (Å²) in [6.45, 7) is 2.57. The summed E-state index contributed by atoms with van der Waals surface area (Å²) >= 11 is 0. The van der Waals surface area contributed by atoms with Crippen LogP contribution in [-0.4, -0.2) is 15.9 Å². The van der Waals surface area contributed by atoms with Gasteiger partial charge in [0.25, 0.3) is 0 Å². The highest BCUT2D eigenvalue weighted by Gasteiger charge is 2.14. The zero-order valence-corrected chi connectivity index (χ0v) is 11.3. The number of aryl methyl sites for hydroxylation is 1. The highest BCUT2D eigenvalue weighted by atomic mass is 19.1. The largest absolute Gasteiger partial charge is 0.330 e. The van der Waals surface area contributed by atoms with Crippen LogP contribution in [0.3, 0.4) is 0 Å². The summed E-state index contributed by atoms with van der Waals surface area (Å²) in [6.07, 6.45) is 0.702. The maximum atomic E-state index is 13.1. The molecule has 4 heteroatoms. The van der Waals surface area contributed by atoms with Crippen molar-refractivity contribution in [2.45, 2.75) is 13.3 Å². The van der Waals surface area contributed by atoms with Gasteiger partial charge in [0.15, 0.2) is 0 Å². The molecule has 0 saturated heterocycles. The van der Waals surface area contributed by atoms with E-state index < -0.39 is 0 Å². The van der Waals surface area contributed by atoms with Crippen LogP contribution in [0.4, 0.5) is 4.39 Å². The van der Waals surface area contributed by atoms with Gasteiger partial charge in [-0.25, -0.2) is 9.37 Å². The molecule has 20 heavy (non-hydrogen) atoms. The lowest BCUT2D eigenvalue weighted by atomic mass is 10.1. The van der Waals surface area contributed by atoms with Gasteiger partial charge in [-0.3, -0.25) is 4.40 Å². The van der Waals surface area contributed by atoms with Crippen molar-refractivity contribution in [3.8, 4) is 11.3 Å². The molecule has 0 aliphatic heterocycles. The van der Waals surface area contributed by atoms with Gasteiger partial charge in [0, 0.05) is 17.7 Å². The monoisotopic (exact) mass is 269 g/mol. The van der Waals surface area contributed by atoms with E-state index in [4.69, 9.17) is 5.73 Å². The van der Waals surface area contributed by atoms with Gasteiger partial charge in [-0.1, -0.05) is 6.07 Å². The van der Waals surface area contributed by atoms with Crippen LogP contribution in [0.15, 0.2) is 42.5 Å². The van der Waals surface area contributed by atoms with Gasteiger partial charge in [-0.15, -0.1) is 0 Å². The number of rotatable bonds is 3. The van der Waals surface area contributed by atoms with Crippen molar-refractivity contribution >= 4 is 5.65 Å². The van der Waals surface area contributed by atoms with Crippen LogP contribution in [0.2, 0.25) is 0 Å². The van der Waals surface area contributed by atoms with Crippen LogP contribution >= 0.6 is 0 Å². The first-order chi connectivity index (χ1) is 9.70. The van der Waals surface area contributed by atoms with Crippen LogP contribution in [-0.2, 0) is 6.42 Å². The molecule has 0 unspecified atom stereocenters. The van der Waals surface area contributed by atoms with E-state index in [1.54, 1.807) is 12.1 Å². The Kier molecular flexibility index (Phi) is 3.24. The van der Waals surface area contributed by atoms with E-state index in [0.29, 0.717) is 13.0 Å². The van der Waals surface area contributed by atoms with Crippen LogP contribution in [0, 0.1) is 12.7 Å². The number of hydrogen-bond acceptors (Lipinski definition) is 2. The number of nitrogens with two attached hydrogens (primary N) is 1. The number of pyridine rings is 1. The van der Waals surface area contributed by atoms with Crippen molar-refractivity contribution in [1.82, 2.24) is 9.38 Å². The number of aromatic nitrogens is 2. The molecule has 0 spiro atoms. The molecule has 0 aliphatic rings. The molecule has 3 nitrogen and oxygen atoms in total. The Balaban J connectivity index is 2.30. The molecule has 0 bridgehead atoms. The number of imidazole rings is 1. The second kappa shape index (κ2) is 5.06. The third kappa shape index (κ3) is 2.08. The van der Waals surface area contributed by atoms with Crippen LogP contribution < -0.4 is 5.73 Å². The molecule has 0 radical (unpaired) electrons. The average molecular weight is 269 g/mol. The summed E-state index contributed by atoms with van der Waals surface area (Å²) in [4.78, 5) is 4.65. The Morgan fingerprint density at radius 2 is 1.90 bits per heavy atom. The predicted octanol–water partition coefficient (Wildman–Crippen LogP) is 2.95. The van der Waals surface area contributed by atoms with Crippen LogP contribution in [0.1, 0.15) is 11.4 Å². The molecule has 102 valence electrons. The van der Waals surface area contributed by atoms with E-state index in [1.165, 1.54) is 12.1 Å². The van der Waals surface area contributed by atoms with E-state index >= 15 is 0 Å². The van der Waals surface area contributed by atoms with Gasteiger partial charge in [0.05, 0.1) is 11.4 Å². The van der Waals surface area contributed by atoms with Crippen LogP contribution in [0.25, 0.3) is 16.9 Å². The number of benzene rings is 1.